The summed E-state index contributed by atoms with van der Waals surface area (Å²) in [7, 11) is 0. The first-order valence-corrected chi connectivity index (χ1v) is 6.69. The second-order valence-corrected chi connectivity index (χ2v) is 5.11. The lowest BCUT2D eigenvalue weighted by Crippen LogP contribution is -2.76. The van der Waals surface area contributed by atoms with Crippen LogP contribution < -0.4 is 10.7 Å². The molecule has 3 nitrogen and oxygen atoms in total. The lowest BCUT2D eigenvalue weighted by Gasteiger charge is -2.08. The van der Waals surface area contributed by atoms with E-state index in [1.807, 2.05) is 12.1 Å². The van der Waals surface area contributed by atoms with Gasteiger partial charge in [0, 0.05) is 0 Å². The Bertz CT molecular complexity index is 810. The zero-order valence-corrected chi connectivity index (χ0v) is 11.8. The van der Waals surface area contributed by atoms with Gasteiger partial charge in [-0.2, -0.15) is 13.2 Å². The highest BCUT2D eigenvalue weighted by atomic mass is 35.5. The van der Waals surface area contributed by atoms with Gasteiger partial charge in [0.25, 0.3) is 5.84 Å². The standard InChI is InChI=1S/C15H9ClF3N3/c16-12-6-5-8(7-11(12)15(17,18)19)21-14-10-4-2-1-3-9(10)13(20)22-14/h1-7H,(H2,20,21,22)/p+1. The summed E-state index contributed by atoms with van der Waals surface area (Å²) in [4.78, 5) is 7.08. The first kappa shape index (κ1) is 14.6. The highest BCUT2D eigenvalue weighted by Gasteiger charge is 2.34. The summed E-state index contributed by atoms with van der Waals surface area (Å²) in [6.45, 7) is 0. The van der Waals surface area contributed by atoms with Crippen LogP contribution in [0, 0.1) is 0 Å². The second-order valence-electron chi connectivity index (χ2n) is 4.71. The summed E-state index contributed by atoms with van der Waals surface area (Å²) in [5.74, 6) is 0.822. The Balaban J connectivity index is 2.08. The number of amidine groups is 2. The molecule has 1 aliphatic rings. The van der Waals surface area contributed by atoms with Crippen LogP contribution in [0.5, 0.6) is 0 Å². The molecule has 0 aliphatic carbocycles. The molecule has 0 atom stereocenters. The number of halogens is 4. The fourth-order valence-corrected chi connectivity index (χ4v) is 2.43. The number of fused-ring (bicyclic) bond motifs is 1. The number of alkyl halides is 3. The van der Waals surface area contributed by atoms with Crippen molar-refractivity contribution < 1.29 is 18.2 Å². The number of benzene rings is 2. The fourth-order valence-electron chi connectivity index (χ4n) is 2.20. The van der Waals surface area contributed by atoms with E-state index in [1.165, 1.54) is 12.1 Å². The first-order chi connectivity index (χ1) is 10.4. The van der Waals surface area contributed by atoms with Gasteiger partial charge in [-0.25, -0.2) is 4.99 Å². The monoisotopic (exact) mass is 324 g/mol. The molecule has 3 N–H and O–H groups in total. The largest absolute Gasteiger partial charge is 0.417 e. The van der Waals surface area contributed by atoms with Gasteiger partial charge in [-0.3, -0.25) is 0 Å². The summed E-state index contributed by atoms with van der Waals surface area (Å²) in [6.07, 6.45) is -4.53. The van der Waals surface area contributed by atoms with E-state index in [-0.39, 0.29) is 10.7 Å². The van der Waals surface area contributed by atoms with Crippen molar-refractivity contribution in [3.63, 3.8) is 0 Å². The third-order valence-electron chi connectivity index (χ3n) is 3.22. The van der Waals surface area contributed by atoms with Crippen molar-refractivity contribution in [3.05, 3.63) is 64.2 Å². The van der Waals surface area contributed by atoms with E-state index in [4.69, 9.17) is 17.3 Å². The van der Waals surface area contributed by atoms with Gasteiger partial charge < -0.3 is 5.73 Å². The Morgan fingerprint density at radius 2 is 1.73 bits per heavy atom. The minimum absolute atomic E-state index is 0.142. The molecule has 0 amide bonds. The number of rotatable bonds is 1. The van der Waals surface area contributed by atoms with Gasteiger partial charge in [0.2, 0.25) is 5.84 Å². The maximum atomic E-state index is 12.9. The van der Waals surface area contributed by atoms with Crippen LogP contribution in [0.1, 0.15) is 16.7 Å². The van der Waals surface area contributed by atoms with Crippen molar-refractivity contribution in [1.82, 2.24) is 0 Å². The topological polar surface area (TPSA) is 52.4 Å². The molecule has 1 heterocycles. The molecule has 112 valence electrons. The van der Waals surface area contributed by atoms with E-state index in [0.29, 0.717) is 11.7 Å². The van der Waals surface area contributed by atoms with Gasteiger partial charge in [-0.05, 0) is 30.3 Å². The van der Waals surface area contributed by atoms with E-state index < -0.39 is 11.7 Å². The Morgan fingerprint density at radius 3 is 2.41 bits per heavy atom. The molecule has 0 saturated carbocycles. The summed E-state index contributed by atoms with van der Waals surface area (Å²) in [6, 6.07) is 10.7. The molecule has 3 rings (SSSR count). The molecular weight excluding hydrogens is 315 g/mol. The molecule has 22 heavy (non-hydrogen) atoms. The molecular formula is C15H10ClF3N3+. The van der Waals surface area contributed by atoms with Crippen LogP contribution in [0.25, 0.3) is 0 Å². The molecule has 7 heteroatoms. The Morgan fingerprint density at radius 1 is 1.05 bits per heavy atom. The van der Waals surface area contributed by atoms with E-state index >= 15 is 0 Å². The molecule has 0 aromatic heterocycles. The van der Waals surface area contributed by atoms with E-state index in [9.17, 15) is 13.2 Å². The molecule has 0 saturated heterocycles. The SMILES string of the molecule is NC1=[NH+]C(=Nc2ccc(Cl)c(C(F)(F)F)c2)c2ccccc21. The van der Waals surface area contributed by atoms with Crippen LogP contribution >= 0.6 is 11.6 Å². The summed E-state index contributed by atoms with van der Waals surface area (Å²) in [5, 5.41) is -0.359. The average molecular weight is 325 g/mol. The van der Waals surface area contributed by atoms with Crippen molar-refractivity contribution in [2.75, 3.05) is 0 Å². The molecule has 0 radical (unpaired) electrons. The first-order valence-electron chi connectivity index (χ1n) is 6.31. The number of nitrogens with two attached hydrogens (primary N) is 1. The number of hydrogen-bond acceptors (Lipinski definition) is 2. The second kappa shape index (κ2) is 5.14. The normalized spacial score (nSPS) is 15.8. The number of hydrogen-bond donors (Lipinski definition) is 2. The Kier molecular flexibility index (Phi) is 3.41. The molecule has 1 aliphatic heterocycles. The van der Waals surface area contributed by atoms with Crippen LogP contribution in [0.15, 0.2) is 47.5 Å². The number of nitrogens with one attached hydrogen (secondary N) is 1. The number of aliphatic imine (C=N–C) groups is 1. The zero-order chi connectivity index (χ0) is 15.9. The van der Waals surface area contributed by atoms with Crippen molar-refractivity contribution in [2.45, 2.75) is 6.18 Å². The van der Waals surface area contributed by atoms with Crippen LogP contribution in [0.3, 0.4) is 0 Å². The predicted molar refractivity (Wildman–Crippen MR) is 78.4 cm³/mol. The predicted octanol–water partition coefficient (Wildman–Crippen LogP) is 2.24. The van der Waals surface area contributed by atoms with E-state index in [2.05, 4.69) is 9.98 Å². The summed E-state index contributed by atoms with van der Waals surface area (Å²) in [5.41, 5.74) is 6.57. The highest BCUT2D eigenvalue weighted by Crippen LogP contribution is 2.36. The average Bonchev–Trinajstić information content (AvgIpc) is 2.77. The van der Waals surface area contributed by atoms with Gasteiger partial charge in [-0.15, -0.1) is 4.99 Å². The van der Waals surface area contributed by atoms with Gasteiger partial charge in [0.05, 0.1) is 21.7 Å². The van der Waals surface area contributed by atoms with Gasteiger partial charge in [-0.1, -0.05) is 23.7 Å². The quantitative estimate of drug-likeness (QED) is 0.830. The lowest BCUT2D eigenvalue weighted by atomic mass is 10.1. The van der Waals surface area contributed by atoms with Crippen LogP contribution in [-0.2, 0) is 6.18 Å². The Labute approximate surface area is 129 Å². The third-order valence-corrected chi connectivity index (χ3v) is 3.55. The minimum atomic E-state index is -4.53. The van der Waals surface area contributed by atoms with Crippen LogP contribution in [0.2, 0.25) is 5.02 Å². The van der Waals surface area contributed by atoms with E-state index in [0.717, 1.165) is 17.2 Å². The molecule has 2 aromatic carbocycles. The van der Waals surface area contributed by atoms with E-state index in [1.54, 1.807) is 12.1 Å². The van der Waals surface area contributed by atoms with Crippen molar-refractivity contribution in [1.29, 1.82) is 0 Å². The number of nitrogens with zero attached hydrogens (tertiary/aromatic N) is 1. The number of nitrogen functional groups attached to an aromatic ring is 1. The molecule has 0 unspecified atom stereocenters. The van der Waals surface area contributed by atoms with Gasteiger partial charge >= 0.3 is 6.18 Å². The lowest BCUT2D eigenvalue weighted by molar-refractivity contribution is -0.311. The molecule has 0 bridgehead atoms. The molecule has 0 fully saturated rings. The maximum absolute atomic E-state index is 12.9. The fraction of sp³-hybridized carbons (Fsp3) is 0.0667. The summed E-state index contributed by atoms with van der Waals surface area (Å²) >= 11 is 5.59. The minimum Gasteiger partial charge on any atom is -0.318 e. The molecule has 2 aromatic rings. The van der Waals surface area contributed by atoms with Crippen LogP contribution in [0.4, 0.5) is 18.9 Å². The zero-order valence-electron chi connectivity index (χ0n) is 11.1. The third kappa shape index (κ3) is 2.57. The van der Waals surface area contributed by atoms with Crippen LogP contribution in [-0.4, -0.2) is 11.7 Å². The maximum Gasteiger partial charge on any atom is 0.417 e. The smallest absolute Gasteiger partial charge is 0.318 e. The van der Waals surface area contributed by atoms with Crippen molar-refractivity contribution in [3.8, 4) is 0 Å². The van der Waals surface area contributed by atoms with Gasteiger partial charge in [0.15, 0.2) is 0 Å². The Hall–Kier alpha value is -2.34. The molecule has 0 spiro atoms. The van der Waals surface area contributed by atoms with Gasteiger partial charge in [0.1, 0.15) is 5.69 Å². The van der Waals surface area contributed by atoms with Crippen molar-refractivity contribution in [2.24, 2.45) is 10.7 Å². The summed E-state index contributed by atoms with van der Waals surface area (Å²) < 4.78 is 38.6. The van der Waals surface area contributed by atoms with Crippen molar-refractivity contribution >= 4 is 29.0 Å². The highest BCUT2D eigenvalue weighted by molar-refractivity contribution is 6.31.